The quantitative estimate of drug-likeness (QED) is 0.0499. The summed E-state index contributed by atoms with van der Waals surface area (Å²) in [6.07, 6.45) is 9.48. The van der Waals surface area contributed by atoms with E-state index in [4.69, 9.17) is 35.2 Å². The van der Waals surface area contributed by atoms with E-state index in [1.54, 1.807) is 0 Å². The van der Waals surface area contributed by atoms with Gasteiger partial charge in [0.05, 0.1) is 33.5 Å². The fraction of sp³-hybridized carbons (Fsp3) is 0.444. The molecule has 2 aromatic heterocycles. The molecule has 0 bridgehead atoms. The normalized spacial score (nSPS) is 12.5. The average molecular weight is 662 g/mol. The molecule has 0 N–H and O–H groups in total. The number of aromatic nitrogens is 2. The van der Waals surface area contributed by atoms with Crippen LogP contribution >= 0.6 is 0 Å². The Hall–Kier alpha value is -2.44. The van der Waals surface area contributed by atoms with Crippen LogP contribution in [0.2, 0.25) is 0 Å². The first-order chi connectivity index (χ1) is 20.0. The van der Waals surface area contributed by atoms with E-state index in [1.807, 2.05) is 48.5 Å². The number of fused-ring (bicyclic) bond motifs is 2. The van der Waals surface area contributed by atoms with E-state index in [2.05, 4.69) is 75.8 Å². The average Bonchev–Trinajstić information content (AvgIpc) is 2.96. The number of hydrogen-bond donors (Lipinski definition) is 0. The Morgan fingerprint density at radius 2 is 0.953 bits per heavy atom. The molecule has 233 valence electrons. The molecule has 0 atom stereocenters. The fourth-order valence-electron chi connectivity index (χ4n) is 4.76. The van der Waals surface area contributed by atoms with Crippen molar-refractivity contribution in [3.05, 3.63) is 84.2 Å². The van der Waals surface area contributed by atoms with Crippen molar-refractivity contribution in [3.8, 4) is 0 Å². The Bertz CT molecular complexity index is 1380. The second-order valence-electron chi connectivity index (χ2n) is 12.2. The minimum Gasteiger partial charge on any atom is -0.758 e. The van der Waals surface area contributed by atoms with Gasteiger partial charge in [0.2, 0.25) is 0 Å². The molecule has 1 radical (unpaired) electrons. The molecule has 0 fully saturated rings. The number of hydrogen-bond acceptors (Lipinski definition) is 6. The number of benzene rings is 2. The molecule has 4 nitrogen and oxygen atoms in total. The summed E-state index contributed by atoms with van der Waals surface area (Å²) in [7, 11) is 0. The van der Waals surface area contributed by atoms with Crippen molar-refractivity contribution in [2.45, 2.75) is 104 Å². The van der Waals surface area contributed by atoms with Crippen molar-refractivity contribution in [1.29, 1.82) is 0 Å². The van der Waals surface area contributed by atoms with Crippen LogP contribution < -0.4 is 0 Å². The van der Waals surface area contributed by atoms with Gasteiger partial charge in [-0.3, -0.25) is 0 Å². The van der Waals surface area contributed by atoms with Crippen LogP contribution in [0.5, 0.6) is 0 Å². The van der Waals surface area contributed by atoms with Gasteiger partial charge >= 0.3 is 17.1 Å². The third-order valence-corrected chi connectivity index (χ3v) is 7.83. The minimum atomic E-state index is -0.112. The maximum absolute atomic E-state index is 5.48. The van der Waals surface area contributed by atoms with E-state index in [-0.39, 0.29) is 28.1 Å². The van der Waals surface area contributed by atoms with Crippen molar-refractivity contribution in [3.63, 3.8) is 0 Å². The number of rotatable bonds is 12. The fourth-order valence-corrected chi connectivity index (χ4v) is 5.48. The van der Waals surface area contributed by atoms with Gasteiger partial charge in [-0.05, 0) is 64.8 Å². The second kappa shape index (κ2) is 17.8. The number of nitrogens with zero attached hydrogens (tertiary/aromatic N) is 4. The van der Waals surface area contributed by atoms with Crippen LogP contribution in [0.3, 0.4) is 0 Å². The first-order valence-electron chi connectivity index (χ1n) is 15.3. The number of aliphatic imine (C=N–C) groups is 2. The van der Waals surface area contributed by atoms with Gasteiger partial charge in [0, 0.05) is 10.8 Å². The van der Waals surface area contributed by atoms with Gasteiger partial charge in [0.15, 0.2) is 0 Å². The topological polar surface area (TPSA) is 50.5 Å². The summed E-state index contributed by atoms with van der Waals surface area (Å²) in [6.45, 7) is 13.0. The van der Waals surface area contributed by atoms with Crippen LogP contribution in [0.25, 0.3) is 21.8 Å². The summed E-state index contributed by atoms with van der Waals surface area (Å²) in [5.41, 5.74) is 3.31. The summed E-state index contributed by atoms with van der Waals surface area (Å²) in [5, 5.41) is 3.49. The molecule has 2 heterocycles. The molecule has 43 heavy (non-hydrogen) atoms. The van der Waals surface area contributed by atoms with Crippen LogP contribution in [0.15, 0.2) is 82.8 Å². The van der Waals surface area contributed by atoms with E-state index in [0.717, 1.165) is 46.0 Å². The van der Waals surface area contributed by atoms with Gasteiger partial charge in [-0.2, -0.15) is 0 Å². The van der Waals surface area contributed by atoms with E-state index >= 15 is 0 Å². The molecular formula is C36H46CuN4S2. The molecule has 0 spiro atoms. The predicted octanol–water partition coefficient (Wildman–Crippen LogP) is 9.77. The zero-order valence-corrected chi connectivity index (χ0v) is 29.1. The molecule has 4 rings (SSSR count). The molecule has 0 aliphatic heterocycles. The zero-order chi connectivity index (χ0) is 30.6. The maximum atomic E-state index is 5.48. The zero-order valence-electron chi connectivity index (χ0n) is 26.5. The van der Waals surface area contributed by atoms with Crippen LogP contribution in [0.4, 0.5) is 0 Å². The van der Waals surface area contributed by atoms with Crippen LogP contribution in [-0.4, -0.2) is 31.1 Å². The van der Waals surface area contributed by atoms with E-state index in [9.17, 15) is 0 Å². The summed E-state index contributed by atoms with van der Waals surface area (Å²) in [5.74, 6) is 0. The largest absolute Gasteiger partial charge is 2.00 e. The Kier molecular flexibility index (Phi) is 15.2. The summed E-state index contributed by atoms with van der Waals surface area (Å²) < 4.78 is 0. The van der Waals surface area contributed by atoms with Crippen LogP contribution in [0, 0.1) is 0 Å². The van der Waals surface area contributed by atoms with Gasteiger partial charge in [0.25, 0.3) is 0 Å². The Morgan fingerprint density at radius 1 is 0.581 bits per heavy atom. The van der Waals surface area contributed by atoms with E-state index in [0.29, 0.717) is 10.1 Å². The molecule has 0 unspecified atom stereocenters. The summed E-state index contributed by atoms with van der Waals surface area (Å²) in [6, 6.07) is 24.2. The molecule has 0 aliphatic carbocycles. The molecule has 7 heteroatoms. The van der Waals surface area contributed by atoms with Crippen molar-refractivity contribution in [1.82, 2.24) is 9.97 Å². The maximum Gasteiger partial charge on any atom is 2.00 e. The molecule has 0 amide bonds. The number of unbranched alkanes of at least 4 members (excludes halogenated alkanes) is 4. The van der Waals surface area contributed by atoms with Gasteiger partial charge in [0.1, 0.15) is 0 Å². The van der Waals surface area contributed by atoms with Gasteiger partial charge < -0.3 is 35.2 Å². The molecule has 2 aromatic carbocycles. The van der Waals surface area contributed by atoms with Crippen molar-refractivity contribution >= 4 is 57.2 Å². The molecular weight excluding hydrogens is 616 g/mol. The number of para-hydroxylation sites is 2. The van der Waals surface area contributed by atoms with Crippen LogP contribution in [-0.2, 0) is 42.3 Å². The van der Waals surface area contributed by atoms with E-state index < -0.39 is 0 Å². The SMILES string of the molecule is CCCCCC(C)(C)N=C([S-])c1ccc2ccccc2n1.CCCCCC(C)(C)N=C([S-])c1ccc2ccccc2n1.[Cu+2]. The van der Waals surface area contributed by atoms with Crippen molar-refractivity contribution < 1.29 is 17.1 Å². The molecule has 0 saturated carbocycles. The molecule has 0 aliphatic rings. The van der Waals surface area contributed by atoms with Gasteiger partial charge in [-0.15, -0.1) is 0 Å². The first-order valence-corrected chi connectivity index (χ1v) is 16.1. The number of pyridine rings is 2. The smallest absolute Gasteiger partial charge is 0.758 e. The Labute approximate surface area is 281 Å². The molecule has 0 saturated heterocycles. The van der Waals surface area contributed by atoms with Gasteiger partial charge in [-0.25, -0.2) is 9.97 Å². The Balaban J connectivity index is 0.000000293. The third kappa shape index (κ3) is 12.2. The minimum absolute atomic E-state index is 0. The second-order valence-corrected chi connectivity index (χ2v) is 12.9. The molecule has 4 aromatic rings. The van der Waals surface area contributed by atoms with Crippen LogP contribution in [0.1, 0.15) is 104 Å². The Morgan fingerprint density at radius 3 is 1.33 bits per heavy atom. The third-order valence-electron chi connectivity index (χ3n) is 7.23. The predicted molar refractivity (Wildman–Crippen MR) is 188 cm³/mol. The van der Waals surface area contributed by atoms with Gasteiger partial charge in [-0.1, -0.05) is 111 Å². The standard InChI is InChI=1S/2C18H24N2S.Cu/c2*1-4-5-8-13-18(2,3)20-17(21)16-12-11-14-9-6-7-10-15(14)19-16;/h2*6-7,9-12H,4-5,8,13H2,1-3H3,(H,20,21);/q;;+2/p-2. The van der Waals surface area contributed by atoms with E-state index in [1.165, 1.54) is 38.5 Å². The summed E-state index contributed by atoms with van der Waals surface area (Å²) in [4.78, 5) is 18.7. The first kappa shape index (κ1) is 36.7. The van der Waals surface area contributed by atoms with Crippen molar-refractivity contribution in [2.75, 3.05) is 0 Å². The summed E-state index contributed by atoms with van der Waals surface area (Å²) >= 11 is 11.0. The monoisotopic (exact) mass is 661 g/mol. The van der Waals surface area contributed by atoms with Crippen molar-refractivity contribution in [2.24, 2.45) is 9.98 Å².